The van der Waals surface area contributed by atoms with Crippen molar-refractivity contribution >= 4 is 33.2 Å². The molecule has 2 N–H and O–H groups in total. The molecule has 0 spiro atoms. The molecular weight excluding hydrogens is 370 g/mol. The fraction of sp³-hybridized carbons (Fsp3) is 0.222. The molecule has 3 aromatic rings. The molecule has 3 rings (SSSR count). The molecule has 8 nitrogen and oxygen atoms in total. The van der Waals surface area contributed by atoms with E-state index in [1.54, 1.807) is 51.1 Å². The molecule has 0 atom stereocenters. The number of hydrogen-bond donors (Lipinski definition) is 2. The first-order valence-corrected chi connectivity index (χ1v) is 9.52. The van der Waals surface area contributed by atoms with Crippen molar-refractivity contribution in [3.05, 3.63) is 48.5 Å². The summed E-state index contributed by atoms with van der Waals surface area (Å²) in [7, 11) is -4.00. The summed E-state index contributed by atoms with van der Waals surface area (Å²) in [5.74, 6) is 0.368. The third-order valence-corrected chi connectivity index (χ3v) is 4.55. The lowest BCUT2D eigenvalue weighted by Gasteiger charge is -2.18. The van der Waals surface area contributed by atoms with Gasteiger partial charge in [0.1, 0.15) is 16.2 Å². The Morgan fingerprint density at radius 2 is 1.81 bits per heavy atom. The van der Waals surface area contributed by atoms with Gasteiger partial charge in [-0.3, -0.25) is 5.32 Å². The predicted molar refractivity (Wildman–Crippen MR) is 100 cm³/mol. The maximum absolute atomic E-state index is 12.4. The minimum Gasteiger partial charge on any atom is -0.444 e. The topological polar surface area (TPSA) is 110 Å². The number of imidazole rings is 1. The lowest BCUT2D eigenvalue weighted by Crippen LogP contribution is -2.27. The Kier molecular flexibility index (Phi) is 4.79. The number of carbonyl (C=O) groups is 1. The van der Waals surface area contributed by atoms with Crippen LogP contribution >= 0.6 is 0 Å². The number of benzene rings is 2. The van der Waals surface area contributed by atoms with E-state index < -0.39 is 21.8 Å². The average Bonchev–Trinajstić information content (AvgIpc) is 2.94. The van der Waals surface area contributed by atoms with Crippen molar-refractivity contribution in [2.24, 2.45) is 0 Å². The van der Waals surface area contributed by atoms with Gasteiger partial charge in [-0.2, -0.15) is 8.42 Å². The first kappa shape index (κ1) is 18.7. The molecule has 0 radical (unpaired) electrons. The highest BCUT2D eigenvalue weighted by molar-refractivity contribution is 7.87. The molecular formula is C18H19N3O5S. The number of aromatic nitrogens is 2. The van der Waals surface area contributed by atoms with Crippen LogP contribution in [0.1, 0.15) is 20.8 Å². The Bertz CT molecular complexity index is 1070. The van der Waals surface area contributed by atoms with Crippen LogP contribution in [0.4, 0.5) is 10.7 Å². The lowest BCUT2D eigenvalue weighted by atomic mass is 10.2. The van der Waals surface area contributed by atoms with Crippen LogP contribution in [0.5, 0.6) is 5.75 Å². The predicted octanol–water partition coefficient (Wildman–Crippen LogP) is 3.68. The van der Waals surface area contributed by atoms with Crippen LogP contribution in [0.2, 0.25) is 0 Å². The molecule has 0 aliphatic heterocycles. The van der Waals surface area contributed by atoms with Gasteiger partial charge in [0.15, 0.2) is 0 Å². The quantitative estimate of drug-likeness (QED) is 0.659. The molecule has 0 fully saturated rings. The van der Waals surface area contributed by atoms with Crippen molar-refractivity contribution in [1.29, 1.82) is 0 Å². The molecule has 2 aromatic carbocycles. The van der Waals surface area contributed by atoms with E-state index in [1.165, 1.54) is 18.2 Å². The van der Waals surface area contributed by atoms with Gasteiger partial charge in [0, 0.05) is 0 Å². The number of nitrogens with one attached hydrogen (secondary N) is 2. The Balaban J connectivity index is 1.82. The number of ether oxygens (including phenoxy) is 1. The van der Waals surface area contributed by atoms with Gasteiger partial charge >= 0.3 is 16.2 Å². The SMILES string of the molecule is CC(C)(C)OC(=O)Nc1nc2ccc(S(=O)(=O)Oc3ccccc3)cc2[nH]1. The summed E-state index contributed by atoms with van der Waals surface area (Å²) >= 11 is 0. The van der Waals surface area contributed by atoms with E-state index in [0.29, 0.717) is 11.0 Å². The monoisotopic (exact) mass is 389 g/mol. The molecule has 1 amide bonds. The van der Waals surface area contributed by atoms with Gasteiger partial charge in [-0.25, -0.2) is 9.78 Å². The molecule has 1 heterocycles. The number of rotatable bonds is 4. The van der Waals surface area contributed by atoms with Crippen molar-refractivity contribution in [2.75, 3.05) is 5.32 Å². The number of anilines is 1. The van der Waals surface area contributed by atoms with E-state index in [4.69, 9.17) is 8.92 Å². The van der Waals surface area contributed by atoms with Crippen molar-refractivity contribution in [1.82, 2.24) is 9.97 Å². The van der Waals surface area contributed by atoms with Gasteiger partial charge in [0.2, 0.25) is 5.95 Å². The van der Waals surface area contributed by atoms with E-state index in [2.05, 4.69) is 15.3 Å². The second-order valence-electron chi connectivity index (χ2n) is 6.74. The van der Waals surface area contributed by atoms with Crippen molar-refractivity contribution in [3.63, 3.8) is 0 Å². The maximum Gasteiger partial charge on any atom is 0.414 e. The number of fused-ring (bicyclic) bond motifs is 1. The van der Waals surface area contributed by atoms with Gasteiger partial charge in [0.05, 0.1) is 11.0 Å². The van der Waals surface area contributed by atoms with Crippen LogP contribution in [-0.2, 0) is 14.9 Å². The number of H-pyrrole nitrogens is 1. The number of aromatic amines is 1. The van der Waals surface area contributed by atoms with E-state index in [1.807, 2.05) is 0 Å². The molecule has 0 unspecified atom stereocenters. The zero-order valence-electron chi connectivity index (χ0n) is 15.0. The van der Waals surface area contributed by atoms with Crippen LogP contribution < -0.4 is 9.50 Å². The number of hydrogen-bond acceptors (Lipinski definition) is 6. The summed E-state index contributed by atoms with van der Waals surface area (Å²) in [6.07, 6.45) is -0.665. The zero-order valence-corrected chi connectivity index (χ0v) is 15.8. The number of nitrogens with zero attached hydrogens (tertiary/aromatic N) is 1. The second kappa shape index (κ2) is 6.92. The highest BCUT2D eigenvalue weighted by atomic mass is 32.2. The molecule has 0 saturated heterocycles. The fourth-order valence-electron chi connectivity index (χ4n) is 2.25. The minimum absolute atomic E-state index is 0.0358. The van der Waals surface area contributed by atoms with E-state index in [-0.39, 0.29) is 16.6 Å². The summed E-state index contributed by atoms with van der Waals surface area (Å²) in [5.41, 5.74) is 0.269. The third-order valence-electron chi connectivity index (χ3n) is 3.31. The van der Waals surface area contributed by atoms with Gasteiger partial charge in [-0.05, 0) is 51.1 Å². The van der Waals surface area contributed by atoms with Crippen LogP contribution in [0, 0.1) is 0 Å². The smallest absolute Gasteiger partial charge is 0.414 e. The van der Waals surface area contributed by atoms with Crippen molar-refractivity contribution in [2.45, 2.75) is 31.3 Å². The van der Waals surface area contributed by atoms with Gasteiger partial charge in [-0.1, -0.05) is 18.2 Å². The second-order valence-corrected chi connectivity index (χ2v) is 8.29. The third kappa shape index (κ3) is 4.76. The molecule has 0 bridgehead atoms. The lowest BCUT2D eigenvalue weighted by molar-refractivity contribution is 0.0635. The average molecular weight is 389 g/mol. The van der Waals surface area contributed by atoms with E-state index in [0.717, 1.165) is 0 Å². The highest BCUT2D eigenvalue weighted by Crippen LogP contribution is 2.23. The summed E-state index contributed by atoms with van der Waals surface area (Å²) < 4.78 is 35.1. The summed E-state index contributed by atoms with van der Waals surface area (Å²) in [6, 6.07) is 12.5. The Morgan fingerprint density at radius 1 is 1.11 bits per heavy atom. The van der Waals surface area contributed by atoms with E-state index in [9.17, 15) is 13.2 Å². The van der Waals surface area contributed by atoms with Gasteiger partial charge in [0.25, 0.3) is 0 Å². The van der Waals surface area contributed by atoms with Crippen LogP contribution in [-0.4, -0.2) is 30.1 Å². The fourth-order valence-corrected chi connectivity index (χ4v) is 3.21. The number of para-hydroxylation sites is 1. The Hall–Kier alpha value is -3.07. The molecule has 0 saturated carbocycles. The van der Waals surface area contributed by atoms with Crippen molar-refractivity contribution < 1.29 is 22.1 Å². The molecule has 9 heteroatoms. The Labute approximate surface area is 156 Å². The van der Waals surface area contributed by atoms with Crippen LogP contribution in [0.25, 0.3) is 11.0 Å². The molecule has 27 heavy (non-hydrogen) atoms. The number of amides is 1. The maximum atomic E-state index is 12.4. The van der Waals surface area contributed by atoms with Crippen molar-refractivity contribution in [3.8, 4) is 5.75 Å². The van der Waals surface area contributed by atoms with Crippen LogP contribution in [0.3, 0.4) is 0 Å². The van der Waals surface area contributed by atoms with Gasteiger partial charge < -0.3 is 13.9 Å². The first-order chi connectivity index (χ1) is 12.6. The number of carbonyl (C=O) groups excluding carboxylic acids is 1. The largest absolute Gasteiger partial charge is 0.444 e. The minimum atomic E-state index is -4.00. The van der Waals surface area contributed by atoms with E-state index >= 15 is 0 Å². The standard InChI is InChI=1S/C18H19N3O5S/c1-18(2,3)25-17(22)21-16-19-14-10-9-13(11-15(14)20-16)27(23,24)26-12-7-5-4-6-8-12/h4-11H,1-3H3,(H2,19,20,21,22). The Morgan fingerprint density at radius 3 is 2.48 bits per heavy atom. The van der Waals surface area contributed by atoms with Gasteiger partial charge in [-0.15, -0.1) is 0 Å². The summed E-state index contributed by atoms with van der Waals surface area (Å²) in [5, 5.41) is 2.48. The summed E-state index contributed by atoms with van der Waals surface area (Å²) in [4.78, 5) is 18.8. The zero-order chi connectivity index (χ0) is 19.7. The molecule has 0 aliphatic rings. The first-order valence-electron chi connectivity index (χ1n) is 8.12. The molecule has 142 valence electrons. The molecule has 0 aliphatic carbocycles. The summed E-state index contributed by atoms with van der Waals surface area (Å²) in [6.45, 7) is 5.24. The molecule has 1 aromatic heterocycles. The highest BCUT2D eigenvalue weighted by Gasteiger charge is 2.20. The normalized spacial score (nSPS) is 12.0. The van der Waals surface area contributed by atoms with Crippen LogP contribution in [0.15, 0.2) is 53.4 Å².